The zero-order valence-corrected chi connectivity index (χ0v) is 9.01. The Bertz CT molecular complexity index is 399. The van der Waals surface area contributed by atoms with Crippen LogP contribution in [0.1, 0.15) is 12.5 Å². The Morgan fingerprint density at radius 3 is 2.71 bits per heavy atom. The summed E-state index contributed by atoms with van der Waals surface area (Å²) in [4.78, 5) is 10.5. The third-order valence-electron chi connectivity index (χ3n) is 1.67. The predicted octanol–water partition coefficient (Wildman–Crippen LogP) is 3.08. The summed E-state index contributed by atoms with van der Waals surface area (Å²) < 4.78 is 13.2. The third-order valence-corrected chi connectivity index (χ3v) is 2.36. The number of halogens is 2. The topological polar surface area (TPSA) is 37.3 Å². The van der Waals surface area contributed by atoms with Crippen LogP contribution in [0.25, 0.3) is 6.08 Å². The summed E-state index contributed by atoms with van der Waals surface area (Å²) in [6, 6.07) is 4.10. The first-order valence-corrected chi connectivity index (χ1v) is 4.66. The first kappa shape index (κ1) is 10.9. The largest absolute Gasteiger partial charge is 0.478 e. The molecule has 1 aromatic carbocycles. The minimum atomic E-state index is -0.985. The van der Waals surface area contributed by atoms with Crippen molar-refractivity contribution in [3.05, 3.63) is 39.6 Å². The van der Waals surface area contributed by atoms with E-state index in [0.29, 0.717) is 10.0 Å². The average molecular weight is 259 g/mol. The Balaban J connectivity index is 3.09. The Morgan fingerprint density at radius 2 is 2.21 bits per heavy atom. The lowest BCUT2D eigenvalue weighted by Gasteiger charge is -1.99. The molecule has 0 aromatic heterocycles. The van der Waals surface area contributed by atoms with Crippen LogP contribution in [0.5, 0.6) is 0 Å². The van der Waals surface area contributed by atoms with E-state index in [1.165, 1.54) is 31.2 Å². The van der Waals surface area contributed by atoms with E-state index in [0.717, 1.165) is 0 Å². The number of carbonyl (C=O) groups is 1. The van der Waals surface area contributed by atoms with Gasteiger partial charge in [0.05, 0.1) is 0 Å². The maximum absolute atomic E-state index is 12.7. The van der Waals surface area contributed by atoms with Gasteiger partial charge in [-0.3, -0.25) is 0 Å². The van der Waals surface area contributed by atoms with Gasteiger partial charge >= 0.3 is 5.97 Å². The highest BCUT2D eigenvalue weighted by molar-refractivity contribution is 9.10. The van der Waals surface area contributed by atoms with Gasteiger partial charge in [0.2, 0.25) is 0 Å². The van der Waals surface area contributed by atoms with Crippen LogP contribution >= 0.6 is 15.9 Å². The summed E-state index contributed by atoms with van der Waals surface area (Å²) in [5, 5.41) is 8.63. The standard InChI is InChI=1S/C10H8BrFO2/c1-6(10(13)14)4-7-2-3-8(12)5-9(7)11/h2-5H,1H3,(H,13,14)/b6-4-. The number of hydrogen-bond donors (Lipinski definition) is 1. The maximum atomic E-state index is 12.7. The first-order chi connectivity index (χ1) is 6.50. The fraction of sp³-hybridized carbons (Fsp3) is 0.100. The van der Waals surface area contributed by atoms with Gasteiger partial charge in [0, 0.05) is 10.0 Å². The van der Waals surface area contributed by atoms with Gasteiger partial charge in [0.25, 0.3) is 0 Å². The molecule has 4 heteroatoms. The SMILES string of the molecule is C/C(=C/c1ccc(F)cc1Br)C(=O)O. The Labute approximate surface area is 89.2 Å². The van der Waals surface area contributed by atoms with Crippen molar-refractivity contribution in [1.82, 2.24) is 0 Å². The quantitative estimate of drug-likeness (QED) is 0.828. The van der Waals surface area contributed by atoms with Crippen LogP contribution in [0.15, 0.2) is 28.2 Å². The van der Waals surface area contributed by atoms with Crippen LogP contribution in [0.2, 0.25) is 0 Å². The first-order valence-electron chi connectivity index (χ1n) is 3.87. The van der Waals surface area contributed by atoms with Crippen LogP contribution in [-0.2, 0) is 4.79 Å². The highest BCUT2D eigenvalue weighted by atomic mass is 79.9. The van der Waals surface area contributed by atoms with E-state index in [1.807, 2.05) is 0 Å². The molecule has 0 aliphatic carbocycles. The van der Waals surface area contributed by atoms with Crippen LogP contribution in [0.3, 0.4) is 0 Å². The van der Waals surface area contributed by atoms with Crippen molar-refractivity contribution in [3.63, 3.8) is 0 Å². The minimum absolute atomic E-state index is 0.206. The summed E-state index contributed by atoms with van der Waals surface area (Å²) in [6.07, 6.45) is 1.48. The predicted molar refractivity (Wildman–Crippen MR) is 55.4 cm³/mol. The number of carboxylic acids is 1. The third kappa shape index (κ3) is 2.67. The average Bonchev–Trinajstić information content (AvgIpc) is 2.09. The number of aliphatic carboxylic acids is 1. The van der Waals surface area contributed by atoms with Crippen LogP contribution in [0.4, 0.5) is 4.39 Å². The summed E-state index contributed by atoms with van der Waals surface area (Å²) >= 11 is 3.15. The zero-order chi connectivity index (χ0) is 10.7. The maximum Gasteiger partial charge on any atom is 0.331 e. The Hall–Kier alpha value is -1.16. The molecular formula is C10H8BrFO2. The lowest BCUT2D eigenvalue weighted by Crippen LogP contribution is -1.95. The Morgan fingerprint density at radius 1 is 1.57 bits per heavy atom. The summed E-state index contributed by atoms with van der Waals surface area (Å²) in [5.74, 6) is -1.34. The molecule has 0 saturated heterocycles. The van der Waals surface area contributed by atoms with E-state index >= 15 is 0 Å². The molecule has 0 spiro atoms. The molecule has 0 amide bonds. The molecule has 0 bridgehead atoms. The van der Waals surface area contributed by atoms with Crippen molar-refractivity contribution in [2.75, 3.05) is 0 Å². The fourth-order valence-corrected chi connectivity index (χ4v) is 1.38. The van der Waals surface area contributed by atoms with Gasteiger partial charge in [-0.1, -0.05) is 22.0 Å². The lowest BCUT2D eigenvalue weighted by atomic mass is 10.1. The lowest BCUT2D eigenvalue weighted by molar-refractivity contribution is -0.132. The number of hydrogen-bond acceptors (Lipinski definition) is 1. The molecule has 0 fully saturated rings. The molecule has 1 rings (SSSR count). The van der Waals surface area contributed by atoms with Crippen LogP contribution in [0, 0.1) is 5.82 Å². The van der Waals surface area contributed by atoms with Gasteiger partial charge in [-0.15, -0.1) is 0 Å². The fourth-order valence-electron chi connectivity index (χ4n) is 0.914. The van der Waals surface area contributed by atoms with Gasteiger partial charge in [0.15, 0.2) is 0 Å². The molecule has 74 valence electrons. The van der Waals surface area contributed by atoms with E-state index in [4.69, 9.17) is 5.11 Å². The van der Waals surface area contributed by atoms with Crippen molar-refractivity contribution in [2.24, 2.45) is 0 Å². The van der Waals surface area contributed by atoms with Crippen molar-refractivity contribution in [2.45, 2.75) is 6.92 Å². The summed E-state index contributed by atoms with van der Waals surface area (Å²) in [6.45, 7) is 1.48. The van der Waals surface area contributed by atoms with E-state index in [9.17, 15) is 9.18 Å². The van der Waals surface area contributed by atoms with Gasteiger partial charge in [-0.25, -0.2) is 9.18 Å². The number of rotatable bonds is 2. The van der Waals surface area contributed by atoms with E-state index in [1.54, 1.807) is 0 Å². The van der Waals surface area contributed by atoms with Crippen molar-refractivity contribution in [1.29, 1.82) is 0 Å². The summed E-state index contributed by atoms with van der Waals surface area (Å²) in [5.41, 5.74) is 0.851. The Kier molecular flexibility index (Phi) is 3.41. The van der Waals surface area contributed by atoms with E-state index in [-0.39, 0.29) is 11.4 Å². The highest BCUT2D eigenvalue weighted by Gasteiger charge is 2.03. The second kappa shape index (κ2) is 4.37. The summed E-state index contributed by atoms with van der Waals surface area (Å²) in [7, 11) is 0. The van der Waals surface area contributed by atoms with Gasteiger partial charge in [-0.2, -0.15) is 0 Å². The number of carboxylic acid groups (broad SMARTS) is 1. The molecule has 1 N–H and O–H groups in total. The second-order valence-corrected chi connectivity index (χ2v) is 3.65. The normalized spacial score (nSPS) is 11.5. The van der Waals surface area contributed by atoms with E-state index in [2.05, 4.69) is 15.9 Å². The zero-order valence-electron chi connectivity index (χ0n) is 7.42. The van der Waals surface area contributed by atoms with Crippen LogP contribution < -0.4 is 0 Å². The van der Waals surface area contributed by atoms with Crippen molar-refractivity contribution in [3.8, 4) is 0 Å². The number of benzene rings is 1. The molecule has 0 aliphatic rings. The molecule has 0 atom stereocenters. The minimum Gasteiger partial charge on any atom is -0.478 e. The molecule has 1 aromatic rings. The van der Waals surface area contributed by atoms with Gasteiger partial charge in [-0.05, 0) is 30.7 Å². The highest BCUT2D eigenvalue weighted by Crippen LogP contribution is 2.20. The van der Waals surface area contributed by atoms with Crippen LogP contribution in [-0.4, -0.2) is 11.1 Å². The molecule has 2 nitrogen and oxygen atoms in total. The molecule has 0 saturated carbocycles. The molecule has 0 aliphatic heterocycles. The van der Waals surface area contributed by atoms with Crippen molar-refractivity contribution >= 4 is 28.0 Å². The molecule has 0 radical (unpaired) electrons. The monoisotopic (exact) mass is 258 g/mol. The molecular weight excluding hydrogens is 251 g/mol. The molecule has 14 heavy (non-hydrogen) atoms. The molecule has 0 heterocycles. The second-order valence-electron chi connectivity index (χ2n) is 2.80. The van der Waals surface area contributed by atoms with Gasteiger partial charge < -0.3 is 5.11 Å². The van der Waals surface area contributed by atoms with Gasteiger partial charge in [0.1, 0.15) is 5.82 Å². The van der Waals surface area contributed by atoms with Crippen molar-refractivity contribution < 1.29 is 14.3 Å². The molecule has 0 unspecified atom stereocenters. The smallest absolute Gasteiger partial charge is 0.331 e. The van der Waals surface area contributed by atoms with E-state index < -0.39 is 5.97 Å².